The van der Waals surface area contributed by atoms with Gasteiger partial charge in [-0.15, -0.1) is 11.3 Å². The van der Waals surface area contributed by atoms with Crippen molar-refractivity contribution < 1.29 is 14.3 Å². The molecule has 0 aromatic carbocycles. The summed E-state index contributed by atoms with van der Waals surface area (Å²) in [6.45, 7) is 3.37. The number of likely N-dealkylation sites (tertiary alicyclic amines) is 1. The van der Waals surface area contributed by atoms with Crippen LogP contribution in [0, 0.1) is 5.92 Å². The van der Waals surface area contributed by atoms with Crippen LogP contribution in [-0.2, 0) is 9.53 Å². The Morgan fingerprint density at radius 2 is 2.13 bits per heavy atom. The van der Waals surface area contributed by atoms with Crippen LogP contribution < -0.4 is 0 Å². The molecule has 2 aromatic rings. The van der Waals surface area contributed by atoms with Gasteiger partial charge in [0.2, 0.25) is 0 Å². The molecule has 1 saturated heterocycles. The highest BCUT2D eigenvalue weighted by Gasteiger charge is 2.29. The molecule has 1 aliphatic rings. The molecule has 0 N–H and O–H groups in total. The van der Waals surface area contributed by atoms with Gasteiger partial charge >= 0.3 is 5.97 Å². The number of hydrogen-bond acceptors (Lipinski definition) is 6. The Labute approximate surface area is 142 Å². The van der Waals surface area contributed by atoms with Gasteiger partial charge in [-0.2, -0.15) is 11.3 Å². The maximum Gasteiger partial charge on any atom is 0.309 e. The number of rotatable bonds is 4. The molecule has 122 valence electrons. The predicted molar refractivity (Wildman–Crippen MR) is 90.7 cm³/mol. The maximum atomic E-state index is 12.5. The molecule has 23 heavy (non-hydrogen) atoms. The fraction of sp³-hybridized carbons (Fsp3) is 0.438. The highest BCUT2D eigenvalue weighted by molar-refractivity contribution is 7.14. The number of nitrogens with zero attached hydrogens (tertiary/aromatic N) is 2. The Morgan fingerprint density at radius 1 is 1.35 bits per heavy atom. The number of amides is 1. The second kappa shape index (κ2) is 7.23. The van der Waals surface area contributed by atoms with Crippen LogP contribution in [0.4, 0.5) is 0 Å². The van der Waals surface area contributed by atoms with E-state index >= 15 is 0 Å². The fourth-order valence-corrected chi connectivity index (χ4v) is 4.14. The van der Waals surface area contributed by atoms with Gasteiger partial charge in [-0.1, -0.05) is 0 Å². The van der Waals surface area contributed by atoms with Crippen LogP contribution in [0.5, 0.6) is 0 Å². The van der Waals surface area contributed by atoms with Crippen LogP contribution in [0.3, 0.4) is 0 Å². The van der Waals surface area contributed by atoms with Crippen LogP contribution >= 0.6 is 22.7 Å². The highest BCUT2D eigenvalue weighted by Crippen LogP contribution is 2.27. The van der Waals surface area contributed by atoms with Crippen molar-refractivity contribution in [2.75, 3.05) is 19.7 Å². The Hall–Kier alpha value is -1.73. The number of ether oxygens (including phenoxy) is 1. The van der Waals surface area contributed by atoms with Gasteiger partial charge in [0.25, 0.3) is 5.91 Å². The molecular weight excluding hydrogens is 332 g/mol. The first-order chi connectivity index (χ1) is 11.2. The number of carbonyl (C=O) groups excluding carboxylic acids is 2. The number of esters is 1. The van der Waals surface area contributed by atoms with Crippen molar-refractivity contribution in [3.05, 3.63) is 27.9 Å². The van der Waals surface area contributed by atoms with Gasteiger partial charge in [-0.3, -0.25) is 9.59 Å². The monoisotopic (exact) mass is 350 g/mol. The smallest absolute Gasteiger partial charge is 0.309 e. The molecule has 0 atom stereocenters. The molecule has 1 amide bonds. The van der Waals surface area contributed by atoms with Gasteiger partial charge in [-0.25, -0.2) is 4.98 Å². The van der Waals surface area contributed by atoms with E-state index in [2.05, 4.69) is 4.98 Å². The van der Waals surface area contributed by atoms with Crippen LogP contribution in [0.1, 0.15) is 30.3 Å². The molecule has 0 bridgehead atoms. The van der Waals surface area contributed by atoms with E-state index in [4.69, 9.17) is 4.74 Å². The lowest BCUT2D eigenvalue weighted by molar-refractivity contribution is -0.149. The van der Waals surface area contributed by atoms with Crippen LogP contribution in [-0.4, -0.2) is 41.5 Å². The summed E-state index contributed by atoms with van der Waals surface area (Å²) in [5, 5.41) is 6.71. The van der Waals surface area contributed by atoms with E-state index in [1.807, 2.05) is 29.1 Å². The number of piperidine rings is 1. The van der Waals surface area contributed by atoms with Gasteiger partial charge in [-0.05, 0) is 31.2 Å². The molecule has 3 rings (SSSR count). The second-order valence-electron chi connectivity index (χ2n) is 5.37. The molecule has 3 heterocycles. The molecule has 1 aliphatic heterocycles. The molecule has 7 heteroatoms. The number of hydrogen-bond donors (Lipinski definition) is 0. The van der Waals surface area contributed by atoms with Crippen LogP contribution in [0.25, 0.3) is 10.6 Å². The number of carbonyl (C=O) groups is 2. The Morgan fingerprint density at radius 3 is 2.78 bits per heavy atom. The molecule has 1 fully saturated rings. The first kappa shape index (κ1) is 16.1. The average Bonchev–Trinajstić information content (AvgIpc) is 3.25. The summed E-state index contributed by atoms with van der Waals surface area (Å²) in [5.41, 5.74) is 1.55. The van der Waals surface area contributed by atoms with Crippen molar-refractivity contribution in [1.82, 2.24) is 9.88 Å². The maximum absolute atomic E-state index is 12.5. The summed E-state index contributed by atoms with van der Waals surface area (Å²) in [4.78, 5) is 30.5. The summed E-state index contributed by atoms with van der Waals surface area (Å²) in [5.74, 6) is -0.283. The molecule has 0 spiro atoms. The first-order valence-electron chi connectivity index (χ1n) is 7.63. The lowest BCUT2D eigenvalue weighted by atomic mass is 9.97. The van der Waals surface area contributed by atoms with Crippen LogP contribution in [0.2, 0.25) is 0 Å². The average molecular weight is 350 g/mol. The molecule has 0 aliphatic carbocycles. The van der Waals surface area contributed by atoms with E-state index < -0.39 is 0 Å². The Bertz CT molecular complexity index is 673. The topological polar surface area (TPSA) is 59.5 Å². The molecule has 0 saturated carbocycles. The minimum atomic E-state index is -0.145. The summed E-state index contributed by atoms with van der Waals surface area (Å²) in [6.07, 6.45) is 1.32. The zero-order valence-corrected chi connectivity index (χ0v) is 14.5. The Balaban J connectivity index is 1.60. The van der Waals surface area contributed by atoms with Gasteiger partial charge in [0.15, 0.2) is 0 Å². The fourth-order valence-electron chi connectivity index (χ4n) is 2.63. The number of aromatic nitrogens is 1. The third-order valence-electron chi connectivity index (χ3n) is 3.89. The minimum Gasteiger partial charge on any atom is -0.466 e. The highest BCUT2D eigenvalue weighted by atomic mass is 32.1. The summed E-state index contributed by atoms with van der Waals surface area (Å²) < 4.78 is 5.05. The van der Waals surface area contributed by atoms with Gasteiger partial charge in [0, 0.05) is 29.4 Å². The third kappa shape index (κ3) is 3.61. The lowest BCUT2D eigenvalue weighted by Crippen LogP contribution is -2.40. The first-order valence-corrected chi connectivity index (χ1v) is 9.45. The standard InChI is InChI=1S/C16H18N2O3S2/c1-2-21-16(20)11-3-6-18(7-4-11)15(19)13-10-23-14(17-13)12-5-8-22-9-12/h5,8-11H,2-4,6-7H2,1H3. The van der Waals surface area contributed by atoms with Crippen molar-refractivity contribution in [3.8, 4) is 10.6 Å². The van der Waals surface area contributed by atoms with E-state index in [1.165, 1.54) is 11.3 Å². The lowest BCUT2D eigenvalue weighted by Gasteiger charge is -2.30. The van der Waals surface area contributed by atoms with E-state index in [1.54, 1.807) is 16.2 Å². The number of thiazole rings is 1. The molecule has 5 nitrogen and oxygen atoms in total. The van der Waals surface area contributed by atoms with E-state index in [9.17, 15) is 9.59 Å². The van der Waals surface area contributed by atoms with Crippen molar-refractivity contribution >= 4 is 34.6 Å². The molecule has 0 unspecified atom stereocenters. The van der Waals surface area contributed by atoms with E-state index in [0.29, 0.717) is 38.2 Å². The summed E-state index contributed by atoms with van der Waals surface area (Å²) >= 11 is 3.10. The van der Waals surface area contributed by atoms with Crippen molar-refractivity contribution in [2.24, 2.45) is 5.92 Å². The SMILES string of the molecule is CCOC(=O)C1CCN(C(=O)c2csc(-c3ccsc3)n2)CC1. The van der Waals surface area contributed by atoms with Crippen molar-refractivity contribution in [3.63, 3.8) is 0 Å². The van der Waals surface area contributed by atoms with Gasteiger partial charge < -0.3 is 9.64 Å². The predicted octanol–water partition coefficient (Wildman–Crippen LogP) is 3.29. The zero-order valence-electron chi connectivity index (χ0n) is 12.9. The molecule has 0 radical (unpaired) electrons. The minimum absolute atomic E-state index is 0.0509. The second-order valence-corrected chi connectivity index (χ2v) is 7.01. The summed E-state index contributed by atoms with van der Waals surface area (Å²) in [7, 11) is 0. The van der Waals surface area contributed by atoms with E-state index in [-0.39, 0.29) is 17.8 Å². The Kier molecular flexibility index (Phi) is 5.07. The van der Waals surface area contributed by atoms with Crippen molar-refractivity contribution in [1.29, 1.82) is 0 Å². The number of thiophene rings is 1. The molecule has 2 aromatic heterocycles. The van der Waals surface area contributed by atoms with Gasteiger partial charge in [0.1, 0.15) is 10.7 Å². The third-order valence-corrected chi connectivity index (χ3v) is 5.47. The van der Waals surface area contributed by atoms with E-state index in [0.717, 1.165) is 10.6 Å². The normalized spacial score (nSPS) is 15.6. The quantitative estimate of drug-likeness (QED) is 0.794. The molecular formula is C16H18N2O3S2. The zero-order chi connectivity index (χ0) is 16.2. The van der Waals surface area contributed by atoms with Crippen molar-refractivity contribution in [2.45, 2.75) is 19.8 Å². The van der Waals surface area contributed by atoms with Crippen LogP contribution in [0.15, 0.2) is 22.2 Å². The van der Waals surface area contributed by atoms with Gasteiger partial charge in [0.05, 0.1) is 12.5 Å². The largest absolute Gasteiger partial charge is 0.466 e. The summed E-state index contributed by atoms with van der Waals surface area (Å²) in [6, 6.07) is 2.00.